The first-order chi connectivity index (χ1) is 7.15. The van der Waals surface area contributed by atoms with E-state index < -0.39 is 0 Å². The van der Waals surface area contributed by atoms with Gasteiger partial charge in [-0.3, -0.25) is 9.48 Å². The van der Waals surface area contributed by atoms with Crippen molar-refractivity contribution in [2.75, 3.05) is 13.6 Å². The molecule has 1 amide bonds. The van der Waals surface area contributed by atoms with E-state index in [1.807, 2.05) is 20.9 Å². The minimum Gasteiger partial charge on any atom is -0.353 e. The number of hydrogen-bond donors (Lipinski definition) is 2. The predicted octanol–water partition coefficient (Wildman–Crippen LogP) is 0.168. The lowest BCUT2D eigenvalue weighted by molar-refractivity contribution is -0.124. The lowest BCUT2D eigenvalue weighted by Gasteiger charge is -2.15. The second kappa shape index (κ2) is 5.50. The molecular weight excluding hydrogens is 192 g/mol. The van der Waals surface area contributed by atoms with Crippen LogP contribution in [0.3, 0.4) is 0 Å². The van der Waals surface area contributed by atoms with Crippen molar-refractivity contribution in [1.29, 1.82) is 0 Å². The molecule has 15 heavy (non-hydrogen) atoms. The third kappa shape index (κ3) is 3.36. The van der Waals surface area contributed by atoms with Crippen LogP contribution in [0.15, 0.2) is 18.5 Å². The van der Waals surface area contributed by atoms with Crippen molar-refractivity contribution >= 4 is 5.91 Å². The smallest absolute Gasteiger partial charge is 0.244 e. The number of amides is 1. The summed E-state index contributed by atoms with van der Waals surface area (Å²) in [6.07, 6.45) is 3.45. The van der Waals surface area contributed by atoms with Crippen molar-refractivity contribution in [1.82, 2.24) is 20.4 Å². The van der Waals surface area contributed by atoms with Gasteiger partial charge in [0.05, 0.1) is 0 Å². The van der Waals surface area contributed by atoms with Crippen LogP contribution < -0.4 is 10.6 Å². The van der Waals surface area contributed by atoms with E-state index in [1.165, 1.54) is 0 Å². The highest BCUT2D eigenvalue weighted by molar-refractivity contribution is 5.79. The van der Waals surface area contributed by atoms with Gasteiger partial charge in [-0.25, -0.2) is 0 Å². The fourth-order valence-corrected chi connectivity index (χ4v) is 1.13. The van der Waals surface area contributed by atoms with Gasteiger partial charge in [0, 0.05) is 25.0 Å². The minimum absolute atomic E-state index is 0.0131. The molecule has 0 radical (unpaired) electrons. The summed E-state index contributed by atoms with van der Waals surface area (Å²) in [4.78, 5) is 11.7. The van der Waals surface area contributed by atoms with Crippen LogP contribution in [0.2, 0.25) is 0 Å². The number of nitrogens with zero attached hydrogens (tertiary/aromatic N) is 2. The quantitative estimate of drug-likeness (QED) is 0.728. The fourth-order valence-electron chi connectivity index (χ4n) is 1.13. The number of aromatic nitrogens is 2. The van der Waals surface area contributed by atoms with Crippen LogP contribution in [-0.4, -0.2) is 35.3 Å². The third-order valence-electron chi connectivity index (χ3n) is 2.38. The molecule has 0 spiro atoms. The van der Waals surface area contributed by atoms with Gasteiger partial charge < -0.3 is 10.6 Å². The molecule has 1 aromatic heterocycles. The van der Waals surface area contributed by atoms with Crippen LogP contribution in [0.25, 0.3) is 0 Å². The highest BCUT2D eigenvalue weighted by Crippen LogP contribution is 2.02. The maximum atomic E-state index is 11.7. The van der Waals surface area contributed by atoms with Crippen LogP contribution in [0.5, 0.6) is 0 Å². The first-order valence-corrected chi connectivity index (χ1v) is 5.09. The average Bonchev–Trinajstić information content (AvgIpc) is 2.77. The Hall–Kier alpha value is -1.36. The molecule has 0 fully saturated rings. The first kappa shape index (κ1) is 11.7. The van der Waals surface area contributed by atoms with E-state index in [-0.39, 0.29) is 18.0 Å². The summed E-state index contributed by atoms with van der Waals surface area (Å²) in [5.41, 5.74) is 0. The van der Waals surface area contributed by atoms with Gasteiger partial charge >= 0.3 is 0 Å². The van der Waals surface area contributed by atoms with Gasteiger partial charge in [0.15, 0.2) is 0 Å². The summed E-state index contributed by atoms with van der Waals surface area (Å²) in [6.45, 7) is 4.46. The number of rotatable bonds is 5. The molecule has 0 aliphatic carbocycles. The summed E-state index contributed by atoms with van der Waals surface area (Å²) in [5.74, 6) is -0.0131. The molecule has 0 saturated heterocycles. The van der Waals surface area contributed by atoms with Crippen molar-refractivity contribution in [2.24, 2.45) is 0 Å². The van der Waals surface area contributed by atoms with Crippen molar-refractivity contribution in [2.45, 2.75) is 25.9 Å². The molecule has 1 aromatic rings. The number of hydrogen-bond acceptors (Lipinski definition) is 3. The molecule has 84 valence electrons. The largest absolute Gasteiger partial charge is 0.353 e. The molecule has 2 N–H and O–H groups in total. The molecule has 1 rings (SSSR count). The van der Waals surface area contributed by atoms with Gasteiger partial charge in [-0.05, 0) is 27.0 Å². The van der Waals surface area contributed by atoms with Gasteiger partial charge in [0.25, 0.3) is 0 Å². The van der Waals surface area contributed by atoms with Gasteiger partial charge in [-0.15, -0.1) is 0 Å². The molecule has 2 unspecified atom stereocenters. The Morgan fingerprint density at radius 2 is 2.27 bits per heavy atom. The van der Waals surface area contributed by atoms with Crippen molar-refractivity contribution < 1.29 is 4.79 Å². The molecular formula is C10H18N4O. The first-order valence-electron chi connectivity index (χ1n) is 5.09. The zero-order chi connectivity index (χ0) is 11.3. The maximum absolute atomic E-state index is 11.7. The second-order valence-electron chi connectivity index (χ2n) is 3.60. The van der Waals surface area contributed by atoms with Crippen LogP contribution >= 0.6 is 0 Å². The number of likely N-dealkylation sites (N-methyl/N-ethyl adjacent to an activating group) is 1. The van der Waals surface area contributed by atoms with E-state index in [0.717, 1.165) is 0 Å². The van der Waals surface area contributed by atoms with Crippen molar-refractivity contribution in [3.63, 3.8) is 0 Å². The van der Waals surface area contributed by atoms with Crippen LogP contribution in [-0.2, 0) is 4.79 Å². The van der Waals surface area contributed by atoms with E-state index in [2.05, 4.69) is 15.7 Å². The zero-order valence-electron chi connectivity index (χ0n) is 9.40. The molecule has 0 saturated carbocycles. The zero-order valence-corrected chi connectivity index (χ0v) is 9.40. The Balaban J connectivity index is 2.41. The summed E-state index contributed by atoms with van der Waals surface area (Å²) in [6, 6.07) is 1.82. The molecule has 0 bridgehead atoms. The van der Waals surface area contributed by atoms with E-state index in [0.29, 0.717) is 6.54 Å². The normalized spacial score (nSPS) is 14.6. The Labute approximate surface area is 89.9 Å². The van der Waals surface area contributed by atoms with Gasteiger partial charge in [0.1, 0.15) is 6.04 Å². The van der Waals surface area contributed by atoms with E-state index >= 15 is 0 Å². The van der Waals surface area contributed by atoms with Gasteiger partial charge in [-0.1, -0.05) is 0 Å². The third-order valence-corrected chi connectivity index (χ3v) is 2.38. The fraction of sp³-hybridized carbons (Fsp3) is 0.600. The Kier molecular flexibility index (Phi) is 4.30. The SMILES string of the molecule is CNC(C)CNC(=O)C(C)n1cccn1. The Morgan fingerprint density at radius 3 is 2.80 bits per heavy atom. The number of carbonyl (C=O) groups excluding carboxylic acids is 1. The van der Waals surface area contributed by atoms with Crippen molar-refractivity contribution in [3.05, 3.63) is 18.5 Å². The van der Waals surface area contributed by atoms with Crippen LogP contribution in [0.1, 0.15) is 19.9 Å². The summed E-state index contributed by atoms with van der Waals surface area (Å²) in [5, 5.41) is 9.94. The van der Waals surface area contributed by atoms with Crippen LogP contribution in [0, 0.1) is 0 Å². The molecule has 0 aliphatic heterocycles. The van der Waals surface area contributed by atoms with E-state index in [1.54, 1.807) is 23.1 Å². The summed E-state index contributed by atoms with van der Waals surface area (Å²) < 4.78 is 1.64. The van der Waals surface area contributed by atoms with Gasteiger partial charge in [-0.2, -0.15) is 5.10 Å². The molecule has 5 heteroatoms. The molecule has 5 nitrogen and oxygen atoms in total. The van der Waals surface area contributed by atoms with Gasteiger partial charge in [0.2, 0.25) is 5.91 Å². The molecule has 1 heterocycles. The standard InChI is InChI=1S/C10H18N4O/c1-8(11-3)7-12-10(15)9(2)14-6-4-5-13-14/h4-6,8-9,11H,7H2,1-3H3,(H,12,15). The molecule has 0 aromatic carbocycles. The highest BCUT2D eigenvalue weighted by Gasteiger charge is 2.14. The number of nitrogens with one attached hydrogen (secondary N) is 2. The molecule has 2 atom stereocenters. The molecule has 0 aliphatic rings. The summed E-state index contributed by atoms with van der Waals surface area (Å²) in [7, 11) is 1.87. The minimum atomic E-state index is -0.260. The van der Waals surface area contributed by atoms with Crippen LogP contribution in [0.4, 0.5) is 0 Å². The Bertz CT molecular complexity index is 296. The lowest BCUT2D eigenvalue weighted by atomic mass is 10.3. The summed E-state index contributed by atoms with van der Waals surface area (Å²) >= 11 is 0. The number of carbonyl (C=O) groups is 1. The topological polar surface area (TPSA) is 58.9 Å². The predicted molar refractivity (Wildman–Crippen MR) is 58.5 cm³/mol. The Morgan fingerprint density at radius 1 is 1.53 bits per heavy atom. The lowest BCUT2D eigenvalue weighted by Crippen LogP contribution is -2.40. The van der Waals surface area contributed by atoms with E-state index in [4.69, 9.17) is 0 Å². The van der Waals surface area contributed by atoms with Crippen molar-refractivity contribution in [3.8, 4) is 0 Å². The van der Waals surface area contributed by atoms with E-state index in [9.17, 15) is 4.79 Å². The monoisotopic (exact) mass is 210 g/mol. The average molecular weight is 210 g/mol. The highest BCUT2D eigenvalue weighted by atomic mass is 16.2. The maximum Gasteiger partial charge on any atom is 0.244 e. The second-order valence-corrected chi connectivity index (χ2v) is 3.60.